The number of hydrogen-bond acceptors (Lipinski definition) is 5. The quantitative estimate of drug-likeness (QED) is 0.887. The van der Waals surface area contributed by atoms with Crippen molar-refractivity contribution in [2.45, 2.75) is 25.4 Å². The van der Waals surface area contributed by atoms with Gasteiger partial charge in [-0.15, -0.1) is 0 Å². The maximum Gasteiger partial charge on any atom is 0.254 e. The molecule has 2 aromatic rings. The van der Waals surface area contributed by atoms with E-state index in [0.29, 0.717) is 47.4 Å². The lowest BCUT2D eigenvalue weighted by molar-refractivity contribution is -0.125. The average molecular weight is 377 g/mol. The summed E-state index contributed by atoms with van der Waals surface area (Å²) in [6.45, 7) is 0.887. The second-order valence-electron chi connectivity index (χ2n) is 6.15. The smallest absolute Gasteiger partial charge is 0.254 e. The van der Waals surface area contributed by atoms with Crippen LogP contribution in [-0.4, -0.2) is 36.1 Å². The molecule has 1 N–H and O–H groups in total. The number of amides is 2. The molecule has 0 spiro atoms. The number of furan rings is 1. The summed E-state index contributed by atoms with van der Waals surface area (Å²) in [5.74, 6) is 1.10. The Morgan fingerprint density at radius 3 is 3.00 bits per heavy atom. The van der Waals surface area contributed by atoms with Crippen LogP contribution in [0.2, 0.25) is 5.02 Å². The van der Waals surface area contributed by atoms with Gasteiger partial charge in [-0.3, -0.25) is 9.59 Å². The van der Waals surface area contributed by atoms with Crippen LogP contribution in [0, 0.1) is 0 Å². The third-order valence-corrected chi connectivity index (χ3v) is 4.79. The molecule has 1 aromatic carbocycles. The van der Waals surface area contributed by atoms with Crippen molar-refractivity contribution < 1.29 is 23.5 Å². The van der Waals surface area contributed by atoms with Crippen LogP contribution in [0.1, 0.15) is 29.0 Å². The number of rotatable bonds is 4. The van der Waals surface area contributed by atoms with Gasteiger partial charge in [-0.2, -0.15) is 0 Å². The molecular formula is C18H17ClN2O5. The first-order valence-electron chi connectivity index (χ1n) is 8.33. The summed E-state index contributed by atoms with van der Waals surface area (Å²) in [5.41, 5.74) is 0.380. The fourth-order valence-corrected chi connectivity index (χ4v) is 3.51. The van der Waals surface area contributed by atoms with Gasteiger partial charge in [0.05, 0.1) is 17.8 Å². The molecule has 4 rings (SSSR count). The maximum atomic E-state index is 12.9. The summed E-state index contributed by atoms with van der Waals surface area (Å²) in [4.78, 5) is 27.0. The van der Waals surface area contributed by atoms with Crippen LogP contribution in [0.5, 0.6) is 11.5 Å². The molecule has 1 fully saturated rings. The third kappa shape index (κ3) is 3.10. The predicted molar refractivity (Wildman–Crippen MR) is 92.2 cm³/mol. The first-order chi connectivity index (χ1) is 12.6. The number of nitrogens with zero attached hydrogens (tertiary/aromatic N) is 1. The first kappa shape index (κ1) is 16.8. The number of carbonyl (C=O) groups is 2. The van der Waals surface area contributed by atoms with Gasteiger partial charge in [0, 0.05) is 12.1 Å². The van der Waals surface area contributed by atoms with Crippen molar-refractivity contribution in [2.75, 3.05) is 13.3 Å². The summed E-state index contributed by atoms with van der Waals surface area (Å²) in [6.07, 6.45) is 2.94. The number of ether oxygens (including phenoxy) is 2. The normalized spacial score (nSPS) is 18.2. The van der Waals surface area contributed by atoms with Crippen molar-refractivity contribution in [3.63, 3.8) is 0 Å². The van der Waals surface area contributed by atoms with E-state index < -0.39 is 6.04 Å². The largest absolute Gasteiger partial charge is 0.467 e. The van der Waals surface area contributed by atoms with E-state index in [9.17, 15) is 9.59 Å². The summed E-state index contributed by atoms with van der Waals surface area (Å²) < 4.78 is 15.8. The molecule has 8 heteroatoms. The number of likely N-dealkylation sites (tertiary alicyclic amines) is 1. The molecule has 0 aliphatic carbocycles. The van der Waals surface area contributed by atoms with E-state index in [4.69, 9.17) is 25.5 Å². The second kappa shape index (κ2) is 6.92. The highest BCUT2D eigenvalue weighted by Gasteiger charge is 2.35. The van der Waals surface area contributed by atoms with Gasteiger partial charge >= 0.3 is 0 Å². The molecule has 2 aliphatic heterocycles. The fourth-order valence-electron chi connectivity index (χ4n) is 3.24. The molecule has 1 saturated heterocycles. The van der Waals surface area contributed by atoms with E-state index in [1.54, 1.807) is 35.4 Å². The first-order valence-corrected chi connectivity index (χ1v) is 8.71. The Hall–Kier alpha value is -2.67. The number of hydrogen-bond donors (Lipinski definition) is 1. The number of fused-ring (bicyclic) bond motifs is 1. The third-order valence-electron chi connectivity index (χ3n) is 4.51. The highest BCUT2D eigenvalue weighted by Crippen LogP contribution is 2.40. The van der Waals surface area contributed by atoms with Crippen molar-refractivity contribution in [3.8, 4) is 11.5 Å². The standard InChI is InChI=1S/C18H17ClN2O5/c19-13-7-11(8-15-16(13)26-10-25-15)18(23)21-5-1-4-14(21)17(22)20-9-12-3-2-6-24-12/h2-3,6-8,14H,1,4-5,9-10H2,(H,20,22). The van der Waals surface area contributed by atoms with Crippen LogP contribution >= 0.6 is 11.6 Å². The number of carbonyl (C=O) groups excluding carboxylic acids is 2. The molecule has 2 aliphatic rings. The zero-order chi connectivity index (χ0) is 18.1. The van der Waals surface area contributed by atoms with Crippen LogP contribution in [0.3, 0.4) is 0 Å². The Balaban J connectivity index is 1.48. The zero-order valence-electron chi connectivity index (χ0n) is 13.9. The Kier molecular flexibility index (Phi) is 4.46. The minimum Gasteiger partial charge on any atom is -0.467 e. The van der Waals surface area contributed by atoms with Gasteiger partial charge in [-0.05, 0) is 37.1 Å². The van der Waals surface area contributed by atoms with Gasteiger partial charge in [0.1, 0.15) is 11.8 Å². The van der Waals surface area contributed by atoms with E-state index in [1.807, 2.05) is 0 Å². The van der Waals surface area contributed by atoms with E-state index in [1.165, 1.54) is 0 Å². The van der Waals surface area contributed by atoms with Crippen LogP contribution < -0.4 is 14.8 Å². The van der Waals surface area contributed by atoms with Crippen molar-refractivity contribution in [1.82, 2.24) is 10.2 Å². The molecule has 0 bridgehead atoms. The number of halogens is 1. The van der Waals surface area contributed by atoms with Crippen molar-refractivity contribution in [1.29, 1.82) is 0 Å². The summed E-state index contributed by atoms with van der Waals surface area (Å²) in [6, 6.07) is 6.19. The predicted octanol–water partition coefficient (Wildman–Crippen LogP) is 2.58. The number of nitrogens with one attached hydrogen (secondary N) is 1. The molecule has 1 aromatic heterocycles. The van der Waals surface area contributed by atoms with Gasteiger partial charge in [-0.1, -0.05) is 11.6 Å². The van der Waals surface area contributed by atoms with E-state index in [2.05, 4.69) is 5.32 Å². The highest BCUT2D eigenvalue weighted by atomic mass is 35.5. The average Bonchev–Trinajstić information content (AvgIpc) is 3.39. The molecule has 0 saturated carbocycles. The minimum absolute atomic E-state index is 0.0776. The van der Waals surface area contributed by atoms with Crippen molar-refractivity contribution >= 4 is 23.4 Å². The molecule has 2 amide bonds. The summed E-state index contributed by atoms with van der Waals surface area (Å²) >= 11 is 6.17. The Morgan fingerprint density at radius 2 is 2.19 bits per heavy atom. The SMILES string of the molecule is O=C(NCc1ccco1)C1CCCN1C(=O)c1cc(Cl)c2c(c1)OCO2. The zero-order valence-corrected chi connectivity index (χ0v) is 14.6. The van der Waals surface area contributed by atoms with Crippen LogP contribution in [0.15, 0.2) is 34.9 Å². The molecule has 136 valence electrons. The molecule has 0 radical (unpaired) electrons. The summed E-state index contributed by atoms with van der Waals surface area (Å²) in [7, 11) is 0. The van der Waals surface area contributed by atoms with E-state index in [-0.39, 0.29) is 18.6 Å². The van der Waals surface area contributed by atoms with Gasteiger partial charge in [0.2, 0.25) is 12.7 Å². The minimum atomic E-state index is -0.512. The van der Waals surface area contributed by atoms with Crippen LogP contribution in [-0.2, 0) is 11.3 Å². The highest BCUT2D eigenvalue weighted by molar-refractivity contribution is 6.32. The lowest BCUT2D eigenvalue weighted by Crippen LogP contribution is -2.45. The lowest BCUT2D eigenvalue weighted by atomic mass is 10.1. The van der Waals surface area contributed by atoms with Crippen molar-refractivity contribution in [2.24, 2.45) is 0 Å². The second-order valence-corrected chi connectivity index (χ2v) is 6.55. The Bertz CT molecular complexity index is 836. The van der Waals surface area contributed by atoms with Crippen LogP contribution in [0.25, 0.3) is 0 Å². The molecule has 26 heavy (non-hydrogen) atoms. The van der Waals surface area contributed by atoms with Gasteiger partial charge in [0.15, 0.2) is 11.5 Å². The Labute approximate surface area is 154 Å². The molecule has 1 atom stereocenters. The topological polar surface area (TPSA) is 81.0 Å². The van der Waals surface area contributed by atoms with E-state index >= 15 is 0 Å². The molecule has 3 heterocycles. The van der Waals surface area contributed by atoms with Gasteiger partial charge < -0.3 is 24.1 Å². The molecule has 1 unspecified atom stereocenters. The van der Waals surface area contributed by atoms with Crippen molar-refractivity contribution in [3.05, 3.63) is 46.9 Å². The van der Waals surface area contributed by atoms with E-state index in [0.717, 1.165) is 6.42 Å². The van der Waals surface area contributed by atoms with Gasteiger partial charge in [0.25, 0.3) is 5.91 Å². The summed E-state index contributed by atoms with van der Waals surface area (Å²) in [5, 5.41) is 3.14. The fraction of sp³-hybridized carbons (Fsp3) is 0.333. The van der Waals surface area contributed by atoms with Gasteiger partial charge in [-0.25, -0.2) is 0 Å². The molecule has 7 nitrogen and oxygen atoms in total. The monoisotopic (exact) mass is 376 g/mol. The Morgan fingerprint density at radius 1 is 1.31 bits per heavy atom. The maximum absolute atomic E-state index is 12.9. The van der Waals surface area contributed by atoms with Crippen LogP contribution in [0.4, 0.5) is 0 Å². The number of benzene rings is 1. The lowest BCUT2D eigenvalue weighted by Gasteiger charge is -2.24. The molecular weight excluding hydrogens is 360 g/mol.